The lowest BCUT2D eigenvalue weighted by Gasteiger charge is -2.24. The van der Waals surface area contributed by atoms with Crippen molar-refractivity contribution in [3.8, 4) is 0 Å². The average Bonchev–Trinajstić information content (AvgIpc) is 2.78. The highest BCUT2D eigenvalue weighted by Crippen LogP contribution is 2.23. The van der Waals surface area contributed by atoms with Gasteiger partial charge in [0.2, 0.25) is 0 Å². The Kier molecular flexibility index (Phi) is 4.57. The van der Waals surface area contributed by atoms with Crippen molar-refractivity contribution in [1.82, 2.24) is 5.32 Å². The van der Waals surface area contributed by atoms with E-state index in [-0.39, 0.29) is 24.5 Å². The molecule has 1 fully saturated rings. The van der Waals surface area contributed by atoms with Gasteiger partial charge in [0, 0.05) is 29.5 Å². The fraction of sp³-hybridized carbons (Fsp3) is 0.615. The van der Waals surface area contributed by atoms with E-state index in [1.165, 1.54) is 17.8 Å². The van der Waals surface area contributed by atoms with Crippen LogP contribution in [-0.4, -0.2) is 23.7 Å². The van der Waals surface area contributed by atoms with E-state index in [1.54, 1.807) is 0 Å². The number of rotatable bonds is 3. The topological polar surface area (TPSA) is 49.3 Å². The van der Waals surface area contributed by atoms with Crippen molar-refractivity contribution in [3.05, 3.63) is 22.4 Å². The summed E-state index contributed by atoms with van der Waals surface area (Å²) >= 11 is 1.53. The van der Waals surface area contributed by atoms with Gasteiger partial charge in [0.05, 0.1) is 0 Å². The predicted molar refractivity (Wildman–Crippen MR) is 69.2 cm³/mol. The first-order valence-corrected chi connectivity index (χ1v) is 7.19. The van der Waals surface area contributed by atoms with Crippen molar-refractivity contribution in [1.29, 1.82) is 0 Å². The van der Waals surface area contributed by atoms with Crippen molar-refractivity contribution in [3.63, 3.8) is 0 Å². The quantitative estimate of drug-likeness (QED) is 0.813. The molecule has 2 atom stereocenters. The third-order valence-corrected chi connectivity index (χ3v) is 4.18. The molecule has 0 aromatic carbocycles. The Morgan fingerprint density at radius 2 is 2.24 bits per heavy atom. The largest absolute Gasteiger partial charge is 0.396 e. The first-order valence-electron chi connectivity index (χ1n) is 6.25. The minimum absolute atomic E-state index is 0.00315. The fourth-order valence-corrected chi connectivity index (χ4v) is 3.07. The van der Waals surface area contributed by atoms with Crippen LogP contribution in [0.3, 0.4) is 0 Å². The molecule has 1 aliphatic rings. The van der Waals surface area contributed by atoms with E-state index in [0.717, 1.165) is 31.2 Å². The third-order valence-electron chi connectivity index (χ3n) is 3.49. The standard InChI is InChI=1S/C13H19NO2S/c15-8-10-4-2-1-3-5-12(10)14-13(16)11-6-7-17-9-11/h6-7,9-10,12,15H,1-5,8H2,(H,14,16). The molecule has 94 valence electrons. The summed E-state index contributed by atoms with van der Waals surface area (Å²) < 4.78 is 0. The van der Waals surface area contributed by atoms with Gasteiger partial charge in [0.1, 0.15) is 0 Å². The van der Waals surface area contributed by atoms with Crippen molar-refractivity contribution in [2.75, 3.05) is 6.61 Å². The molecule has 0 spiro atoms. The summed E-state index contributed by atoms with van der Waals surface area (Å²) in [7, 11) is 0. The smallest absolute Gasteiger partial charge is 0.252 e. The van der Waals surface area contributed by atoms with Crippen molar-refractivity contribution < 1.29 is 9.90 Å². The lowest BCUT2D eigenvalue weighted by molar-refractivity contribution is 0.0900. The number of carbonyl (C=O) groups is 1. The van der Waals surface area contributed by atoms with Crippen molar-refractivity contribution >= 4 is 17.2 Å². The SMILES string of the molecule is O=C(NC1CCCCCC1CO)c1ccsc1. The Morgan fingerprint density at radius 1 is 1.41 bits per heavy atom. The Labute approximate surface area is 106 Å². The maximum absolute atomic E-state index is 12.0. The van der Waals surface area contributed by atoms with E-state index < -0.39 is 0 Å². The minimum Gasteiger partial charge on any atom is -0.396 e. The normalized spacial score (nSPS) is 25.2. The van der Waals surface area contributed by atoms with Crippen molar-refractivity contribution in [2.24, 2.45) is 5.92 Å². The summed E-state index contributed by atoms with van der Waals surface area (Å²) in [6.07, 6.45) is 5.52. The first-order chi connectivity index (χ1) is 8.31. The molecule has 4 heteroatoms. The Hall–Kier alpha value is -0.870. The van der Waals surface area contributed by atoms with E-state index in [2.05, 4.69) is 5.32 Å². The zero-order chi connectivity index (χ0) is 12.1. The summed E-state index contributed by atoms with van der Waals surface area (Å²) in [5.41, 5.74) is 0.732. The van der Waals surface area contributed by atoms with Gasteiger partial charge in [-0.05, 0) is 24.3 Å². The molecule has 2 unspecified atom stereocenters. The van der Waals surface area contributed by atoms with Gasteiger partial charge in [-0.15, -0.1) is 0 Å². The molecule has 1 saturated carbocycles. The van der Waals surface area contributed by atoms with Gasteiger partial charge >= 0.3 is 0 Å². The van der Waals surface area contributed by atoms with Gasteiger partial charge in [-0.2, -0.15) is 11.3 Å². The predicted octanol–water partition coefficient (Wildman–Crippen LogP) is 2.42. The van der Waals surface area contributed by atoms with Crippen LogP contribution in [0.1, 0.15) is 42.5 Å². The number of carbonyl (C=O) groups excluding carboxylic acids is 1. The van der Waals surface area contributed by atoms with E-state index in [1.807, 2.05) is 16.8 Å². The second-order valence-electron chi connectivity index (χ2n) is 4.67. The number of amides is 1. The van der Waals surface area contributed by atoms with Crippen LogP contribution >= 0.6 is 11.3 Å². The number of nitrogens with one attached hydrogen (secondary N) is 1. The fourth-order valence-electron chi connectivity index (χ4n) is 2.44. The minimum atomic E-state index is -0.00315. The maximum atomic E-state index is 12.0. The van der Waals surface area contributed by atoms with Crippen molar-refractivity contribution in [2.45, 2.75) is 38.1 Å². The molecular weight excluding hydrogens is 234 g/mol. The molecule has 1 aromatic rings. The second kappa shape index (κ2) is 6.17. The summed E-state index contributed by atoms with van der Waals surface area (Å²) in [4.78, 5) is 12.0. The second-order valence-corrected chi connectivity index (χ2v) is 5.45. The Balaban J connectivity index is 1.97. The van der Waals surface area contributed by atoms with Gasteiger partial charge in [-0.25, -0.2) is 0 Å². The molecule has 17 heavy (non-hydrogen) atoms. The molecule has 2 rings (SSSR count). The number of thiophene rings is 1. The molecule has 1 aliphatic carbocycles. The van der Waals surface area contributed by atoms with Gasteiger partial charge < -0.3 is 10.4 Å². The Morgan fingerprint density at radius 3 is 2.94 bits per heavy atom. The molecule has 3 nitrogen and oxygen atoms in total. The highest BCUT2D eigenvalue weighted by Gasteiger charge is 2.24. The zero-order valence-corrected chi connectivity index (χ0v) is 10.7. The van der Waals surface area contributed by atoms with Crippen LogP contribution in [0.2, 0.25) is 0 Å². The van der Waals surface area contributed by atoms with E-state index in [0.29, 0.717) is 0 Å². The zero-order valence-electron chi connectivity index (χ0n) is 9.89. The van der Waals surface area contributed by atoms with E-state index in [9.17, 15) is 9.90 Å². The molecule has 0 saturated heterocycles. The van der Waals surface area contributed by atoms with Crippen LogP contribution in [0.4, 0.5) is 0 Å². The summed E-state index contributed by atoms with van der Waals surface area (Å²) in [5.74, 6) is 0.219. The molecule has 1 heterocycles. The maximum Gasteiger partial charge on any atom is 0.252 e. The highest BCUT2D eigenvalue weighted by molar-refractivity contribution is 7.08. The van der Waals surface area contributed by atoms with Gasteiger partial charge in [0.15, 0.2) is 0 Å². The third kappa shape index (κ3) is 3.30. The molecule has 1 amide bonds. The van der Waals surface area contributed by atoms with Crippen LogP contribution in [0.25, 0.3) is 0 Å². The van der Waals surface area contributed by atoms with Gasteiger partial charge in [-0.3, -0.25) is 4.79 Å². The molecule has 1 aromatic heterocycles. The summed E-state index contributed by atoms with van der Waals surface area (Å²) in [6, 6.07) is 1.97. The molecule has 0 bridgehead atoms. The van der Waals surface area contributed by atoms with Crippen LogP contribution in [-0.2, 0) is 0 Å². The molecule has 0 aliphatic heterocycles. The molecule has 2 N–H and O–H groups in total. The van der Waals surface area contributed by atoms with Crippen LogP contribution in [0.15, 0.2) is 16.8 Å². The average molecular weight is 253 g/mol. The van der Waals surface area contributed by atoms with Crippen LogP contribution in [0.5, 0.6) is 0 Å². The highest BCUT2D eigenvalue weighted by atomic mass is 32.1. The number of aliphatic hydroxyl groups excluding tert-OH is 1. The molecule has 0 radical (unpaired) electrons. The van der Waals surface area contributed by atoms with Gasteiger partial charge in [0.25, 0.3) is 5.91 Å². The lowest BCUT2D eigenvalue weighted by atomic mass is 9.95. The number of hydrogen-bond acceptors (Lipinski definition) is 3. The molecular formula is C13H19NO2S. The number of aliphatic hydroxyl groups is 1. The lowest BCUT2D eigenvalue weighted by Crippen LogP contribution is -2.41. The van der Waals surface area contributed by atoms with E-state index in [4.69, 9.17) is 0 Å². The monoisotopic (exact) mass is 253 g/mol. The van der Waals surface area contributed by atoms with Crippen LogP contribution in [0, 0.1) is 5.92 Å². The Bertz CT molecular complexity index is 350. The summed E-state index contributed by atoms with van der Waals surface area (Å²) in [6.45, 7) is 0.175. The van der Waals surface area contributed by atoms with Gasteiger partial charge in [-0.1, -0.05) is 19.3 Å². The van der Waals surface area contributed by atoms with Crippen LogP contribution < -0.4 is 5.32 Å². The summed E-state index contributed by atoms with van der Waals surface area (Å²) in [5, 5.41) is 16.2. The number of hydrogen-bond donors (Lipinski definition) is 2. The van der Waals surface area contributed by atoms with E-state index >= 15 is 0 Å². The first kappa shape index (κ1) is 12.6.